The molecule has 1 heterocycles. The fraction of sp³-hybridized carbons (Fsp3) is 0.0909. The van der Waals surface area contributed by atoms with Crippen LogP contribution in [0.1, 0.15) is 17.2 Å². The molecular weight excluding hydrogens is 206 g/mol. The van der Waals surface area contributed by atoms with E-state index in [4.69, 9.17) is 16.1 Å². The second-order valence-corrected chi connectivity index (χ2v) is 3.40. The minimum absolute atomic E-state index is 0.422. The minimum Gasteiger partial charge on any atom is -0.480 e. The monoisotopic (exact) mass is 215 g/mol. The molecule has 0 amide bonds. The third-order valence-electron chi connectivity index (χ3n) is 2.46. The van der Waals surface area contributed by atoms with E-state index in [0.29, 0.717) is 22.0 Å². The normalized spacial score (nSPS) is 12.2. The number of carboxylic acid groups (broad SMARTS) is 1. The smallest absolute Gasteiger partial charge is 0.325 e. The summed E-state index contributed by atoms with van der Waals surface area (Å²) in [5.41, 5.74) is 7.11. The average molecular weight is 215 g/mol. The number of carbonyl (C=O) groups is 1. The molecule has 4 N–H and O–H groups in total. The lowest BCUT2D eigenvalue weighted by atomic mass is 10.0. The molecule has 0 aliphatic heterocycles. The van der Waals surface area contributed by atoms with Crippen LogP contribution in [0.5, 0.6) is 0 Å². The van der Waals surface area contributed by atoms with Crippen molar-refractivity contribution in [1.82, 2.24) is 4.98 Å². The zero-order valence-corrected chi connectivity index (χ0v) is 8.27. The van der Waals surface area contributed by atoms with Crippen molar-refractivity contribution >= 4 is 16.9 Å². The Bertz CT molecular complexity index is 595. The van der Waals surface area contributed by atoms with Crippen LogP contribution in [-0.2, 0) is 4.79 Å². The summed E-state index contributed by atoms with van der Waals surface area (Å²) < 4.78 is 0. The van der Waals surface area contributed by atoms with Gasteiger partial charge in [-0.15, -0.1) is 0 Å². The third kappa shape index (κ3) is 1.42. The van der Waals surface area contributed by atoms with Gasteiger partial charge in [0.1, 0.15) is 6.04 Å². The summed E-state index contributed by atoms with van der Waals surface area (Å²) in [6, 6.07) is 6.03. The molecule has 0 radical (unpaired) electrons. The molecule has 0 spiro atoms. The molecule has 80 valence electrons. The number of carboxylic acids is 1. The van der Waals surface area contributed by atoms with Crippen LogP contribution in [0.3, 0.4) is 0 Å². The molecule has 16 heavy (non-hydrogen) atoms. The maximum atomic E-state index is 10.8. The van der Waals surface area contributed by atoms with Crippen LogP contribution in [-0.4, -0.2) is 16.1 Å². The molecule has 2 rings (SSSR count). The second kappa shape index (κ2) is 3.68. The highest BCUT2D eigenvalue weighted by molar-refractivity contribution is 5.92. The number of rotatable bonds is 2. The van der Waals surface area contributed by atoms with Crippen LogP contribution in [0.2, 0.25) is 0 Å². The van der Waals surface area contributed by atoms with Gasteiger partial charge < -0.3 is 15.8 Å². The van der Waals surface area contributed by atoms with E-state index >= 15 is 0 Å². The number of aromatic amines is 1. The first-order chi connectivity index (χ1) is 7.65. The van der Waals surface area contributed by atoms with Crippen molar-refractivity contribution in [3.05, 3.63) is 35.5 Å². The Labute approximate surface area is 91.1 Å². The van der Waals surface area contributed by atoms with E-state index < -0.39 is 12.0 Å². The topological polar surface area (TPSA) is 103 Å². The van der Waals surface area contributed by atoms with Gasteiger partial charge in [-0.05, 0) is 12.1 Å². The first-order valence-electron chi connectivity index (χ1n) is 4.63. The van der Waals surface area contributed by atoms with Crippen molar-refractivity contribution in [2.24, 2.45) is 5.73 Å². The van der Waals surface area contributed by atoms with E-state index in [1.54, 1.807) is 18.2 Å². The largest absolute Gasteiger partial charge is 0.480 e. The Morgan fingerprint density at radius 1 is 1.56 bits per heavy atom. The van der Waals surface area contributed by atoms with Crippen LogP contribution >= 0.6 is 0 Å². The molecule has 1 unspecified atom stereocenters. The zero-order chi connectivity index (χ0) is 11.7. The highest BCUT2D eigenvalue weighted by Gasteiger charge is 2.19. The summed E-state index contributed by atoms with van der Waals surface area (Å²) in [6.45, 7) is 0. The average Bonchev–Trinajstić information content (AvgIpc) is 2.71. The molecule has 1 atom stereocenters. The fourth-order valence-corrected chi connectivity index (χ4v) is 1.68. The minimum atomic E-state index is -1.12. The Kier molecular flexibility index (Phi) is 2.35. The Balaban J connectivity index is 2.73. The number of hydrogen-bond donors (Lipinski definition) is 3. The van der Waals surface area contributed by atoms with Crippen molar-refractivity contribution in [3.63, 3.8) is 0 Å². The summed E-state index contributed by atoms with van der Waals surface area (Å²) in [5, 5.41) is 18.4. The summed E-state index contributed by atoms with van der Waals surface area (Å²) in [6.07, 6.45) is 1.53. The molecule has 1 aromatic heterocycles. The van der Waals surface area contributed by atoms with Gasteiger partial charge in [-0.1, -0.05) is 6.07 Å². The van der Waals surface area contributed by atoms with Crippen LogP contribution in [0.15, 0.2) is 24.4 Å². The zero-order valence-electron chi connectivity index (χ0n) is 8.27. The summed E-state index contributed by atoms with van der Waals surface area (Å²) >= 11 is 0. The van der Waals surface area contributed by atoms with Gasteiger partial charge in [0, 0.05) is 22.7 Å². The van der Waals surface area contributed by atoms with Gasteiger partial charge in [0.25, 0.3) is 0 Å². The molecule has 0 aliphatic carbocycles. The van der Waals surface area contributed by atoms with Gasteiger partial charge in [0.05, 0.1) is 11.6 Å². The number of H-pyrrole nitrogens is 1. The molecule has 0 aliphatic rings. The molecule has 0 saturated carbocycles. The van der Waals surface area contributed by atoms with Gasteiger partial charge in [-0.2, -0.15) is 5.26 Å². The summed E-state index contributed by atoms with van der Waals surface area (Å²) in [5.74, 6) is -1.12. The van der Waals surface area contributed by atoms with E-state index in [0.717, 1.165) is 0 Å². The number of aromatic nitrogens is 1. The molecule has 5 nitrogen and oxygen atoms in total. The molecule has 0 bridgehead atoms. The summed E-state index contributed by atoms with van der Waals surface area (Å²) in [4.78, 5) is 13.7. The van der Waals surface area contributed by atoms with Crippen molar-refractivity contribution < 1.29 is 9.90 Å². The SMILES string of the molecule is N#Cc1cccc2[nH]cc(C(N)C(=O)O)c12. The number of nitrogens with two attached hydrogens (primary N) is 1. The van der Waals surface area contributed by atoms with Crippen LogP contribution in [0, 0.1) is 11.3 Å². The molecule has 5 heteroatoms. The van der Waals surface area contributed by atoms with Crippen LogP contribution < -0.4 is 5.73 Å². The number of nitriles is 1. The maximum absolute atomic E-state index is 10.8. The highest BCUT2D eigenvalue weighted by atomic mass is 16.4. The quantitative estimate of drug-likeness (QED) is 0.698. The Morgan fingerprint density at radius 3 is 2.94 bits per heavy atom. The number of fused-ring (bicyclic) bond motifs is 1. The lowest BCUT2D eigenvalue weighted by molar-refractivity contribution is -0.138. The first-order valence-corrected chi connectivity index (χ1v) is 4.63. The van der Waals surface area contributed by atoms with Gasteiger partial charge in [-0.3, -0.25) is 4.79 Å². The first kappa shape index (κ1) is 10.2. The summed E-state index contributed by atoms with van der Waals surface area (Å²) in [7, 11) is 0. The van der Waals surface area contributed by atoms with Crippen molar-refractivity contribution in [3.8, 4) is 6.07 Å². The number of nitrogens with zero attached hydrogens (tertiary/aromatic N) is 1. The van der Waals surface area contributed by atoms with Gasteiger partial charge in [-0.25, -0.2) is 0 Å². The van der Waals surface area contributed by atoms with E-state index in [1.807, 2.05) is 6.07 Å². The van der Waals surface area contributed by atoms with E-state index in [2.05, 4.69) is 4.98 Å². The van der Waals surface area contributed by atoms with E-state index in [-0.39, 0.29) is 0 Å². The standard InChI is InChI=1S/C11H9N3O2/c12-4-6-2-1-3-8-9(6)7(5-14-8)10(13)11(15)16/h1-3,5,10,14H,13H2,(H,15,16). The fourth-order valence-electron chi connectivity index (χ4n) is 1.68. The Morgan fingerprint density at radius 2 is 2.31 bits per heavy atom. The molecule has 1 aromatic carbocycles. The lowest BCUT2D eigenvalue weighted by Gasteiger charge is -2.05. The second-order valence-electron chi connectivity index (χ2n) is 3.40. The predicted octanol–water partition coefficient (Wildman–Crippen LogP) is 1.12. The van der Waals surface area contributed by atoms with Crippen molar-refractivity contribution in [1.29, 1.82) is 5.26 Å². The molecule has 2 aromatic rings. The number of nitrogens with one attached hydrogen (secondary N) is 1. The Hall–Kier alpha value is -2.32. The van der Waals surface area contributed by atoms with Gasteiger partial charge in [0.15, 0.2) is 0 Å². The molecular formula is C11H9N3O2. The van der Waals surface area contributed by atoms with Crippen LogP contribution in [0.25, 0.3) is 10.9 Å². The van der Waals surface area contributed by atoms with Gasteiger partial charge in [0.2, 0.25) is 0 Å². The van der Waals surface area contributed by atoms with Crippen molar-refractivity contribution in [2.75, 3.05) is 0 Å². The molecule has 0 saturated heterocycles. The maximum Gasteiger partial charge on any atom is 0.325 e. The number of aliphatic carboxylic acids is 1. The van der Waals surface area contributed by atoms with E-state index in [9.17, 15) is 4.79 Å². The van der Waals surface area contributed by atoms with Crippen molar-refractivity contribution in [2.45, 2.75) is 6.04 Å². The van der Waals surface area contributed by atoms with Crippen LogP contribution in [0.4, 0.5) is 0 Å². The molecule has 0 fully saturated rings. The lowest BCUT2D eigenvalue weighted by Crippen LogP contribution is -2.20. The number of benzene rings is 1. The number of hydrogen-bond acceptors (Lipinski definition) is 3. The van der Waals surface area contributed by atoms with E-state index in [1.165, 1.54) is 6.20 Å². The predicted molar refractivity (Wildman–Crippen MR) is 57.6 cm³/mol. The third-order valence-corrected chi connectivity index (χ3v) is 2.46. The highest BCUT2D eigenvalue weighted by Crippen LogP contribution is 2.26. The van der Waals surface area contributed by atoms with Gasteiger partial charge >= 0.3 is 5.97 Å².